The van der Waals surface area contributed by atoms with Gasteiger partial charge in [-0.15, -0.1) is 11.3 Å². The fourth-order valence-electron chi connectivity index (χ4n) is 1.67. The third-order valence-corrected chi connectivity index (χ3v) is 3.71. The van der Waals surface area contributed by atoms with E-state index in [1.54, 1.807) is 10.4 Å². The van der Waals surface area contributed by atoms with Gasteiger partial charge in [-0.1, -0.05) is 13.8 Å². The molecule has 0 nitrogen and oxygen atoms in total. The van der Waals surface area contributed by atoms with Crippen LogP contribution in [0, 0.1) is 6.92 Å². The monoisotopic (exact) mass is 180 g/mol. The Morgan fingerprint density at radius 1 is 1.42 bits per heavy atom. The van der Waals surface area contributed by atoms with Crippen molar-refractivity contribution in [3.05, 3.63) is 21.4 Å². The maximum absolute atomic E-state index is 2.38. The van der Waals surface area contributed by atoms with E-state index in [1.807, 2.05) is 11.3 Å². The molecular weight excluding hydrogens is 164 g/mol. The van der Waals surface area contributed by atoms with Gasteiger partial charge in [0, 0.05) is 9.75 Å². The number of hydrogen-bond donors (Lipinski definition) is 0. The molecule has 1 aromatic heterocycles. The molecule has 1 aliphatic rings. The Labute approximate surface area is 78.6 Å². The zero-order chi connectivity index (χ0) is 8.72. The van der Waals surface area contributed by atoms with Crippen molar-refractivity contribution in [2.75, 3.05) is 0 Å². The Bertz CT molecular complexity index is 260. The van der Waals surface area contributed by atoms with Crippen molar-refractivity contribution in [1.82, 2.24) is 0 Å². The average Bonchev–Trinajstić information content (AvgIpc) is 2.75. The van der Waals surface area contributed by atoms with Crippen molar-refractivity contribution in [2.24, 2.45) is 0 Å². The zero-order valence-electron chi connectivity index (χ0n) is 8.05. The molecule has 1 heteroatoms. The summed E-state index contributed by atoms with van der Waals surface area (Å²) in [5, 5.41) is 0. The first kappa shape index (κ1) is 8.31. The predicted octanol–water partition coefficient (Wildman–Crippen LogP) is 4.06. The molecule has 0 saturated heterocycles. The largest absolute Gasteiger partial charge is 0.145 e. The molecule has 0 aliphatic heterocycles. The molecule has 66 valence electrons. The van der Waals surface area contributed by atoms with Crippen molar-refractivity contribution in [3.8, 4) is 0 Å². The van der Waals surface area contributed by atoms with E-state index < -0.39 is 0 Å². The summed E-state index contributed by atoms with van der Waals surface area (Å²) in [5.74, 6) is 1.65. The van der Waals surface area contributed by atoms with E-state index in [2.05, 4.69) is 26.8 Å². The first-order valence-electron chi connectivity index (χ1n) is 4.78. The minimum absolute atomic E-state index is 0.713. The molecule has 2 rings (SSSR count). The second-order valence-corrected chi connectivity index (χ2v) is 5.39. The van der Waals surface area contributed by atoms with Crippen LogP contribution in [0.2, 0.25) is 0 Å². The van der Waals surface area contributed by atoms with Crippen LogP contribution in [0.3, 0.4) is 0 Å². The molecule has 1 aromatic rings. The highest BCUT2D eigenvalue weighted by molar-refractivity contribution is 7.12. The number of rotatable bonds is 2. The van der Waals surface area contributed by atoms with Crippen molar-refractivity contribution < 1.29 is 0 Å². The Morgan fingerprint density at radius 2 is 2.08 bits per heavy atom. The van der Waals surface area contributed by atoms with Crippen molar-refractivity contribution in [3.63, 3.8) is 0 Å². The highest BCUT2D eigenvalue weighted by Gasteiger charge is 2.28. The van der Waals surface area contributed by atoms with Crippen LogP contribution in [0.5, 0.6) is 0 Å². The van der Waals surface area contributed by atoms with Crippen LogP contribution >= 0.6 is 11.3 Å². The first-order valence-corrected chi connectivity index (χ1v) is 5.60. The van der Waals surface area contributed by atoms with E-state index in [-0.39, 0.29) is 0 Å². The molecule has 0 atom stereocenters. The summed E-state index contributed by atoms with van der Waals surface area (Å²) in [6.07, 6.45) is 2.86. The second kappa shape index (κ2) is 2.88. The highest BCUT2D eigenvalue weighted by atomic mass is 32.1. The SMILES string of the molecule is Cc1cc(C(C)C)c(C2CC2)s1. The van der Waals surface area contributed by atoms with Crippen LogP contribution in [-0.4, -0.2) is 0 Å². The van der Waals surface area contributed by atoms with E-state index in [4.69, 9.17) is 0 Å². The molecule has 0 radical (unpaired) electrons. The van der Waals surface area contributed by atoms with E-state index >= 15 is 0 Å². The molecule has 12 heavy (non-hydrogen) atoms. The summed E-state index contributed by atoms with van der Waals surface area (Å²) in [6.45, 7) is 6.82. The smallest absolute Gasteiger partial charge is 0.0114 e. The number of hydrogen-bond acceptors (Lipinski definition) is 1. The van der Waals surface area contributed by atoms with Gasteiger partial charge in [-0.3, -0.25) is 0 Å². The summed E-state index contributed by atoms with van der Waals surface area (Å²) in [7, 11) is 0. The maximum Gasteiger partial charge on any atom is 0.0114 e. The molecule has 1 heterocycles. The van der Waals surface area contributed by atoms with Gasteiger partial charge < -0.3 is 0 Å². The maximum atomic E-state index is 2.38. The molecule has 0 bridgehead atoms. The summed E-state index contributed by atoms with van der Waals surface area (Å²) in [5.41, 5.74) is 1.61. The van der Waals surface area contributed by atoms with Gasteiger partial charge in [0.2, 0.25) is 0 Å². The second-order valence-electron chi connectivity index (χ2n) is 4.11. The van der Waals surface area contributed by atoms with Crippen molar-refractivity contribution in [2.45, 2.75) is 45.4 Å². The van der Waals surface area contributed by atoms with Gasteiger partial charge in [0.05, 0.1) is 0 Å². The number of aryl methyl sites for hydroxylation is 1. The lowest BCUT2D eigenvalue weighted by molar-refractivity contribution is 0.853. The fourth-order valence-corrected chi connectivity index (χ4v) is 3.02. The first-order chi connectivity index (χ1) is 5.68. The predicted molar refractivity (Wildman–Crippen MR) is 55.1 cm³/mol. The van der Waals surface area contributed by atoms with E-state index in [0.717, 1.165) is 5.92 Å². The lowest BCUT2D eigenvalue weighted by Crippen LogP contribution is -1.87. The van der Waals surface area contributed by atoms with E-state index in [1.165, 1.54) is 17.7 Å². The third kappa shape index (κ3) is 1.42. The van der Waals surface area contributed by atoms with Gasteiger partial charge in [-0.05, 0) is 43.2 Å². The van der Waals surface area contributed by atoms with Crippen LogP contribution < -0.4 is 0 Å². The quantitative estimate of drug-likeness (QED) is 0.644. The lowest BCUT2D eigenvalue weighted by atomic mass is 10.0. The fraction of sp³-hybridized carbons (Fsp3) is 0.636. The Balaban J connectivity index is 2.36. The van der Waals surface area contributed by atoms with E-state index in [0.29, 0.717) is 5.92 Å². The molecule has 0 aromatic carbocycles. The van der Waals surface area contributed by atoms with Crippen molar-refractivity contribution >= 4 is 11.3 Å². The van der Waals surface area contributed by atoms with Gasteiger partial charge in [-0.25, -0.2) is 0 Å². The zero-order valence-corrected chi connectivity index (χ0v) is 8.87. The minimum Gasteiger partial charge on any atom is -0.145 e. The Morgan fingerprint density at radius 3 is 2.58 bits per heavy atom. The minimum atomic E-state index is 0.713. The molecule has 0 N–H and O–H groups in total. The van der Waals surface area contributed by atoms with Crippen LogP contribution in [0.4, 0.5) is 0 Å². The molecule has 0 amide bonds. The van der Waals surface area contributed by atoms with Crippen LogP contribution in [-0.2, 0) is 0 Å². The van der Waals surface area contributed by atoms with E-state index in [9.17, 15) is 0 Å². The normalized spacial score (nSPS) is 17.3. The van der Waals surface area contributed by atoms with Crippen LogP contribution in [0.15, 0.2) is 6.07 Å². The van der Waals surface area contributed by atoms with Gasteiger partial charge >= 0.3 is 0 Å². The average molecular weight is 180 g/mol. The van der Waals surface area contributed by atoms with Gasteiger partial charge in [0.15, 0.2) is 0 Å². The van der Waals surface area contributed by atoms with Crippen LogP contribution in [0.25, 0.3) is 0 Å². The summed E-state index contributed by atoms with van der Waals surface area (Å²) < 4.78 is 0. The van der Waals surface area contributed by atoms with Gasteiger partial charge in [-0.2, -0.15) is 0 Å². The van der Waals surface area contributed by atoms with Gasteiger partial charge in [0.25, 0.3) is 0 Å². The molecule has 1 saturated carbocycles. The van der Waals surface area contributed by atoms with Crippen LogP contribution in [0.1, 0.15) is 53.8 Å². The summed E-state index contributed by atoms with van der Waals surface area (Å²) >= 11 is 2.01. The topological polar surface area (TPSA) is 0 Å². The molecular formula is C11H16S. The Hall–Kier alpha value is -0.300. The summed E-state index contributed by atoms with van der Waals surface area (Å²) in [4.78, 5) is 3.17. The highest BCUT2D eigenvalue weighted by Crippen LogP contribution is 2.46. The van der Waals surface area contributed by atoms with Gasteiger partial charge in [0.1, 0.15) is 0 Å². The third-order valence-electron chi connectivity index (χ3n) is 2.48. The Kier molecular flexibility index (Phi) is 1.99. The number of thiophene rings is 1. The lowest BCUT2D eigenvalue weighted by Gasteiger charge is -2.04. The molecule has 0 spiro atoms. The molecule has 1 fully saturated rings. The molecule has 1 aliphatic carbocycles. The summed E-state index contributed by atoms with van der Waals surface area (Å²) in [6, 6.07) is 2.38. The standard InChI is InChI=1S/C11H16S/c1-7(2)10-6-8(3)12-11(10)9-4-5-9/h6-7,9H,4-5H2,1-3H3. The van der Waals surface area contributed by atoms with Crippen molar-refractivity contribution in [1.29, 1.82) is 0 Å². The molecule has 0 unspecified atom stereocenters.